The molecule has 0 aliphatic rings. The van der Waals surface area contributed by atoms with E-state index >= 15 is 26.3 Å². The third-order valence-electron chi connectivity index (χ3n) is 13.8. The summed E-state index contributed by atoms with van der Waals surface area (Å²) in [7, 11) is 0. The normalized spacial score (nSPS) is 13.1. The third kappa shape index (κ3) is 6.59. The summed E-state index contributed by atoms with van der Waals surface area (Å²) in [5, 5.41) is 2.76. The van der Waals surface area contributed by atoms with Crippen LogP contribution in [0.1, 0.15) is 22.3 Å². The minimum atomic E-state index is -5.82. The fraction of sp³-hybridized carbons (Fsp3) is 0.0690. The molecule has 9 aromatic carbocycles. The standard InChI is InChI=1S/C58H28F12N2O2/c59-55(60,61)31-13-9-11-29(27-31)45-51(57(65,66)67)46(30-12-10-14-32(28-30)56(62,63)64)54(72-38-20-6-2-16-34(38)48-40(72)24-26-44-50(48)36-18-4-8-22-42(36)74-44)52(58(68,69)70)53(45)71-37-19-5-1-15-33(37)47-39(71)23-25-43-49(47)35-17-3-7-21-41(35)73-43/h1-28H. The first-order chi connectivity index (χ1) is 35.3. The Balaban J connectivity index is 1.36. The first kappa shape index (κ1) is 45.2. The van der Waals surface area contributed by atoms with Crippen molar-refractivity contribution in [3.05, 3.63) is 192 Å². The highest BCUT2D eigenvalue weighted by Gasteiger charge is 2.49. The van der Waals surface area contributed by atoms with Crippen LogP contribution in [0.2, 0.25) is 0 Å². The number of hydrogen-bond acceptors (Lipinski definition) is 2. The second kappa shape index (κ2) is 15.4. The molecule has 0 radical (unpaired) electrons. The van der Waals surface area contributed by atoms with E-state index in [0.717, 1.165) is 33.4 Å². The van der Waals surface area contributed by atoms with Gasteiger partial charge in [0.15, 0.2) is 0 Å². The summed E-state index contributed by atoms with van der Waals surface area (Å²) in [5.41, 5.74) is -12.9. The number of fused-ring (bicyclic) bond motifs is 14. The van der Waals surface area contributed by atoms with Crippen molar-refractivity contribution in [3.63, 3.8) is 0 Å². The minimum absolute atomic E-state index is 0.0845. The highest BCUT2D eigenvalue weighted by molar-refractivity contribution is 6.29. The number of furan rings is 2. The molecule has 0 amide bonds. The van der Waals surface area contributed by atoms with Crippen molar-refractivity contribution in [2.75, 3.05) is 0 Å². The molecule has 0 fully saturated rings. The Morgan fingerprint density at radius 1 is 0.297 bits per heavy atom. The molecule has 74 heavy (non-hydrogen) atoms. The Hall–Kier alpha value is -8.66. The van der Waals surface area contributed by atoms with Crippen LogP contribution in [0.3, 0.4) is 0 Å². The Bertz CT molecular complexity index is 4230. The SMILES string of the molecule is FC(F)(F)c1cccc(-c2c(-n3c4ccccc4c4c5c(ccc43)oc3ccccc35)c(C(F)(F)F)c(-n3c4ccccc4c4c5c(ccc43)oc3ccccc35)c(-c3cccc(C(F)(F)F)c3)c2C(F)(F)F)c1. The fourth-order valence-electron chi connectivity index (χ4n) is 11.0. The zero-order valence-corrected chi connectivity index (χ0v) is 37.4. The van der Waals surface area contributed by atoms with Crippen molar-refractivity contribution in [2.45, 2.75) is 24.7 Å². The molecule has 366 valence electrons. The summed E-state index contributed by atoms with van der Waals surface area (Å²) in [6, 6.07) is 36.0. The van der Waals surface area contributed by atoms with E-state index in [1.165, 1.54) is 48.5 Å². The monoisotopic (exact) mass is 1010 g/mol. The largest absolute Gasteiger partial charge is 0.456 e. The fourth-order valence-corrected chi connectivity index (χ4v) is 11.0. The van der Waals surface area contributed by atoms with Crippen LogP contribution in [0.25, 0.3) is 121 Å². The molecular weight excluding hydrogens is 985 g/mol. The molecule has 0 N–H and O–H groups in total. The van der Waals surface area contributed by atoms with Gasteiger partial charge in [0.25, 0.3) is 0 Å². The van der Waals surface area contributed by atoms with Gasteiger partial charge in [-0.3, -0.25) is 0 Å². The highest BCUT2D eigenvalue weighted by Crippen LogP contribution is 2.58. The topological polar surface area (TPSA) is 36.1 Å². The molecule has 0 aliphatic heterocycles. The van der Waals surface area contributed by atoms with Crippen molar-refractivity contribution in [1.29, 1.82) is 0 Å². The van der Waals surface area contributed by atoms with E-state index in [9.17, 15) is 26.3 Å². The zero-order chi connectivity index (χ0) is 51.4. The average Bonchev–Trinajstić information content (AvgIpc) is 4.12. The lowest BCUT2D eigenvalue weighted by Gasteiger charge is -2.31. The highest BCUT2D eigenvalue weighted by atomic mass is 19.4. The summed E-state index contributed by atoms with van der Waals surface area (Å²) in [6.45, 7) is 0. The van der Waals surface area contributed by atoms with Gasteiger partial charge in [0.1, 0.15) is 27.9 Å². The van der Waals surface area contributed by atoms with Crippen LogP contribution in [0.15, 0.2) is 179 Å². The van der Waals surface area contributed by atoms with Crippen LogP contribution in [0.5, 0.6) is 0 Å². The molecule has 0 saturated heterocycles. The molecular formula is C58H28F12N2O2. The Labute approximate surface area is 407 Å². The molecule has 13 rings (SSSR count). The lowest BCUT2D eigenvalue weighted by atomic mass is 9.84. The van der Waals surface area contributed by atoms with Gasteiger partial charge in [-0.15, -0.1) is 0 Å². The predicted octanol–water partition coefficient (Wildman–Crippen LogP) is 19.1. The first-order valence-corrected chi connectivity index (χ1v) is 22.7. The van der Waals surface area contributed by atoms with Crippen LogP contribution in [-0.2, 0) is 24.7 Å². The van der Waals surface area contributed by atoms with E-state index in [-0.39, 0.29) is 54.8 Å². The predicted molar refractivity (Wildman–Crippen MR) is 261 cm³/mol. The molecule has 4 aromatic heterocycles. The lowest BCUT2D eigenvalue weighted by molar-refractivity contribution is -0.140. The Kier molecular flexibility index (Phi) is 9.43. The number of rotatable bonds is 4. The van der Waals surface area contributed by atoms with E-state index in [1.807, 2.05) is 0 Å². The average molecular weight is 1010 g/mol. The zero-order valence-electron chi connectivity index (χ0n) is 37.4. The maximum atomic E-state index is 17.6. The quantitative estimate of drug-likeness (QED) is 0.165. The summed E-state index contributed by atoms with van der Waals surface area (Å²) >= 11 is 0. The number of halogens is 12. The number of para-hydroxylation sites is 4. The molecule has 4 nitrogen and oxygen atoms in total. The summed E-state index contributed by atoms with van der Waals surface area (Å²) in [4.78, 5) is 0. The van der Waals surface area contributed by atoms with Crippen molar-refractivity contribution in [1.82, 2.24) is 9.13 Å². The number of nitrogens with zero attached hydrogens (tertiary/aromatic N) is 2. The number of aromatic nitrogens is 2. The molecule has 16 heteroatoms. The lowest BCUT2D eigenvalue weighted by Crippen LogP contribution is -2.23. The minimum Gasteiger partial charge on any atom is -0.456 e. The Morgan fingerprint density at radius 2 is 0.676 bits per heavy atom. The van der Waals surface area contributed by atoms with Gasteiger partial charge in [-0.05, 0) is 83.9 Å². The van der Waals surface area contributed by atoms with Gasteiger partial charge in [0, 0.05) is 54.2 Å². The van der Waals surface area contributed by atoms with E-state index in [0.29, 0.717) is 57.0 Å². The summed E-state index contributed by atoms with van der Waals surface area (Å²) in [5.74, 6) is 0. The van der Waals surface area contributed by atoms with Crippen LogP contribution in [-0.4, -0.2) is 9.13 Å². The first-order valence-electron chi connectivity index (χ1n) is 22.7. The molecule has 0 spiro atoms. The number of alkyl halides is 12. The van der Waals surface area contributed by atoms with Crippen molar-refractivity contribution in [2.24, 2.45) is 0 Å². The summed E-state index contributed by atoms with van der Waals surface area (Å²) in [6.07, 6.45) is -22.0. The van der Waals surface area contributed by atoms with Crippen molar-refractivity contribution in [3.8, 4) is 33.6 Å². The number of hydrogen-bond donors (Lipinski definition) is 0. The van der Waals surface area contributed by atoms with Gasteiger partial charge in [0.05, 0.1) is 50.1 Å². The molecule has 0 saturated carbocycles. The second-order valence-corrected chi connectivity index (χ2v) is 17.9. The second-order valence-electron chi connectivity index (χ2n) is 17.9. The third-order valence-corrected chi connectivity index (χ3v) is 13.8. The number of benzene rings is 9. The van der Waals surface area contributed by atoms with Crippen LogP contribution >= 0.6 is 0 Å². The van der Waals surface area contributed by atoms with Gasteiger partial charge >= 0.3 is 24.7 Å². The van der Waals surface area contributed by atoms with Crippen molar-refractivity contribution >= 4 is 87.5 Å². The van der Waals surface area contributed by atoms with E-state index in [1.54, 1.807) is 72.8 Å². The smallest absolute Gasteiger partial charge is 0.420 e. The Morgan fingerprint density at radius 3 is 1.07 bits per heavy atom. The van der Waals surface area contributed by atoms with Crippen LogP contribution in [0, 0.1) is 0 Å². The maximum absolute atomic E-state index is 17.6. The molecule has 0 bridgehead atoms. The van der Waals surface area contributed by atoms with Crippen LogP contribution in [0.4, 0.5) is 52.7 Å². The van der Waals surface area contributed by atoms with E-state index in [4.69, 9.17) is 8.83 Å². The van der Waals surface area contributed by atoms with Gasteiger partial charge < -0.3 is 18.0 Å². The van der Waals surface area contributed by atoms with E-state index < -0.39 is 80.6 Å². The maximum Gasteiger partial charge on any atom is 0.420 e. The van der Waals surface area contributed by atoms with Crippen LogP contribution < -0.4 is 0 Å². The van der Waals surface area contributed by atoms with Gasteiger partial charge in [-0.1, -0.05) is 97.1 Å². The van der Waals surface area contributed by atoms with Gasteiger partial charge in [0.2, 0.25) is 0 Å². The molecule has 13 aromatic rings. The molecule has 0 atom stereocenters. The van der Waals surface area contributed by atoms with E-state index in [2.05, 4.69) is 0 Å². The molecule has 0 aliphatic carbocycles. The molecule has 4 heterocycles. The van der Waals surface area contributed by atoms with Crippen molar-refractivity contribution < 1.29 is 61.5 Å². The van der Waals surface area contributed by atoms with Gasteiger partial charge in [-0.25, -0.2) is 0 Å². The molecule has 0 unspecified atom stereocenters. The van der Waals surface area contributed by atoms with Gasteiger partial charge in [-0.2, -0.15) is 52.7 Å². The summed E-state index contributed by atoms with van der Waals surface area (Å²) < 4.78 is 207.